The highest BCUT2D eigenvalue weighted by Gasteiger charge is 2.55. The molecule has 0 spiro atoms. The summed E-state index contributed by atoms with van der Waals surface area (Å²) in [4.78, 5) is 29.6. The Kier molecular flexibility index (Phi) is 4.98. The fraction of sp³-hybridized carbons (Fsp3) is 0.500. The van der Waals surface area contributed by atoms with Crippen LogP contribution in [0.2, 0.25) is 0 Å². The number of esters is 1. The lowest BCUT2D eigenvalue weighted by molar-refractivity contribution is -0.172. The van der Waals surface area contributed by atoms with Crippen LogP contribution in [-0.2, 0) is 14.3 Å². The lowest BCUT2D eigenvalue weighted by Crippen LogP contribution is -2.50. The van der Waals surface area contributed by atoms with E-state index in [9.17, 15) is 9.59 Å². The molecule has 1 heterocycles. The predicted octanol–water partition coefficient (Wildman–Crippen LogP) is 5.27. The number of aromatic nitrogens is 1. The monoisotopic (exact) mass is 474 g/mol. The normalized spacial score (nSPS) is 29.6. The summed E-state index contributed by atoms with van der Waals surface area (Å²) < 4.78 is 6.49. The van der Waals surface area contributed by atoms with Crippen molar-refractivity contribution in [3.05, 3.63) is 34.1 Å². The minimum atomic E-state index is -0.334. The highest BCUT2D eigenvalue weighted by Crippen LogP contribution is 2.60. The van der Waals surface area contributed by atoms with Crippen LogP contribution in [0.5, 0.6) is 0 Å². The van der Waals surface area contributed by atoms with Crippen LogP contribution in [-0.4, -0.2) is 23.5 Å². The lowest BCUT2D eigenvalue weighted by Gasteiger charge is -2.55. The summed E-state index contributed by atoms with van der Waals surface area (Å²) in [6, 6.07) is 7.85. The number of nitrogens with zero attached hydrogens (tertiary/aromatic N) is 1. The van der Waals surface area contributed by atoms with E-state index in [1.807, 2.05) is 29.6 Å². The lowest BCUT2D eigenvalue weighted by atomic mass is 9.49. The van der Waals surface area contributed by atoms with Gasteiger partial charge in [-0.05, 0) is 68.4 Å². The van der Waals surface area contributed by atoms with E-state index in [2.05, 4.69) is 26.2 Å². The Balaban J connectivity index is 1.17. The van der Waals surface area contributed by atoms with Gasteiger partial charge in [0.2, 0.25) is 0 Å². The predicted molar refractivity (Wildman–Crippen MR) is 115 cm³/mol. The van der Waals surface area contributed by atoms with E-state index in [-0.39, 0.29) is 23.9 Å². The Morgan fingerprint density at radius 2 is 1.72 bits per heavy atom. The number of carbonyl (C=O) groups is 2. The molecule has 0 aliphatic heterocycles. The second-order valence-electron chi connectivity index (χ2n) is 8.87. The highest BCUT2D eigenvalue weighted by molar-refractivity contribution is 9.10. The van der Waals surface area contributed by atoms with Gasteiger partial charge in [-0.2, -0.15) is 0 Å². The molecule has 0 saturated heterocycles. The van der Waals surface area contributed by atoms with Crippen molar-refractivity contribution in [3.8, 4) is 11.3 Å². The Morgan fingerprint density at radius 3 is 2.34 bits per heavy atom. The van der Waals surface area contributed by atoms with Gasteiger partial charge in [-0.3, -0.25) is 14.9 Å². The van der Waals surface area contributed by atoms with Gasteiger partial charge in [0.05, 0.1) is 11.1 Å². The number of amides is 1. The van der Waals surface area contributed by atoms with Gasteiger partial charge in [0, 0.05) is 15.4 Å². The number of nitrogens with one attached hydrogen (secondary N) is 1. The summed E-state index contributed by atoms with van der Waals surface area (Å²) in [6.07, 6.45) is 6.67. The van der Waals surface area contributed by atoms with Gasteiger partial charge < -0.3 is 4.74 Å². The smallest absolute Gasteiger partial charge is 0.312 e. The maximum absolute atomic E-state index is 12.9. The molecule has 4 aliphatic carbocycles. The van der Waals surface area contributed by atoms with E-state index in [1.54, 1.807) is 0 Å². The van der Waals surface area contributed by atoms with Gasteiger partial charge in [-0.1, -0.05) is 28.1 Å². The number of rotatable bonds is 5. The van der Waals surface area contributed by atoms with Gasteiger partial charge in [-0.25, -0.2) is 4.98 Å². The van der Waals surface area contributed by atoms with Crippen molar-refractivity contribution < 1.29 is 14.3 Å². The molecule has 1 amide bonds. The Labute approximate surface area is 182 Å². The van der Waals surface area contributed by atoms with Gasteiger partial charge >= 0.3 is 5.97 Å². The van der Waals surface area contributed by atoms with Crippen molar-refractivity contribution in [1.82, 2.24) is 4.98 Å². The number of thiazole rings is 1. The SMILES string of the molecule is O=C(COC(=O)C12CC3CC(CC(C3)C1)C2)Nc1nc(-c2ccc(Br)cc2)cs1. The zero-order chi connectivity index (χ0) is 20.0. The van der Waals surface area contributed by atoms with Crippen LogP contribution in [0.1, 0.15) is 38.5 Å². The number of benzene rings is 1. The van der Waals surface area contributed by atoms with E-state index in [0.29, 0.717) is 22.9 Å². The molecule has 1 N–H and O–H groups in total. The fourth-order valence-corrected chi connectivity index (χ4v) is 6.88. The first-order chi connectivity index (χ1) is 14.0. The van der Waals surface area contributed by atoms with Gasteiger partial charge in [0.25, 0.3) is 5.91 Å². The molecular weight excluding hydrogens is 452 g/mol. The maximum atomic E-state index is 12.9. The van der Waals surface area contributed by atoms with E-state index >= 15 is 0 Å². The largest absolute Gasteiger partial charge is 0.455 e. The van der Waals surface area contributed by atoms with Crippen LogP contribution in [0.4, 0.5) is 5.13 Å². The fourth-order valence-electron chi connectivity index (χ4n) is 5.88. The number of halogens is 1. The topological polar surface area (TPSA) is 68.3 Å². The summed E-state index contributed by atoms with van der Waals surface area (Å²) in [5, 5.41) is 5.17. The van der Waals surface area contributed by atoms with Crippen LogP contribution in [0.3, 0.4) is 0 Å². The van der Waals surface area contributed by atoms with Crippen molar-refractivity contribution in [2.75, 3.05) is 11.9 Å². The molecule has 0 atom stereocenters. The van der Waals surface area contributed by atoms with E-state index < -0.39 is 0 Å². The number of anilines is 1. The molecule has 29 heavy (non-hydrogen) atoms. The summed E-state index contributed by atoms with van der Waals surface area (Å²) in [7, 11) is 0. The van der Waals surface area contributed by atoms with Crippen molar-refractivity contribution in [2.24, 2.45) is 23.2 Å². The molecule has 1 aromatic carbocycles. The summed E-state index contributed by atoms with van der Waals surface area (Å²) in [6.45, 7) is -0.242. The number of carbonyl (C=O) groups excluding carboxylic acids is 2. The van der Waals surface area contributed by atoms with Gasteiger partial charge in [0.15, 0.2) is 11.7 Å². The average molecular weight is 475 g/mol. The second kappa shape index (κ2) is 7.51. The third-order valence-corrected chi connectivity index (χ3v) is 7.98. The Bertz CT molecular complexity index is 905. The first kappa shape index (κ1) is 19.2. The molecule has 4 aliphatic rings. The van der Waals surface area contributed by atoms with E-state index in [4.69, 9.17) is 4.74 Å². The number of hydrogen-bond donors (Lipinski definition) is 1. The first-order valence-corrected chi connectivity index (χ1v) is 11.8. The molecular formula is C22H23BrN2O3S. The summed E-state index contributed by atoms with van der Waals surface area (Å²) in [5.74, 6) is 1.53. The minimum Gasteiger partial charge on any atom is -0.455 e. The van der Waals surface area contributed by atoms with Crippen LogP contribution >= 0.6 is 27.3 Å². The molecule has 0 radical (unpaired) electrons. The van der Waals surface area contributed by atoms with E-state index in [1.165, 1.54) is 30.6 Å². The highest BCUT2D eigenvalue weighted by atomic mass is 79.9. The number of ether oxygens (including phenoxy) is 1. The average Bonchev–Trinajstić information content (AvgIpc) is 3.14. The van der Waals surface area contributed by atoms with E-state index in [0.717, 1.165) is 35.0 Å². The van der Waals surface area contributed by atoms with Crippen molar-refractivity contribution in [2.45, 2.75) is 38.5 Å². The van der Waals surface area contributed by atoms with Crippen LogP contribution in [0.25, 0.3) is 11.3 Å². The molecule has 0 unspecified atom stereocenters. The molecule has 152 valence electrons. The molecule has 4 fully saturated rings. The zero-order valence-corrected chi connectivity index (χ0v) is 18.4. The number of hydrogen-bond acceptors (Lipinski definition) is 5. The molecule has 7 heteroatoms. The quantitative estimate of drug-likeness (QED) is 0.599. The van der Waals surface area contributed by atoms with Crippen molar-refractivity contribution in [3.63, 3.8) is 0 Å². The zero-order valence-electron chi connectivity index (χ0n) is 16.0. The Hall–Kier alpha value is -1.73. The molecule has 5 nitrogen and oxygen atoms in total. The third kappa shape index (κ3) is 3.87. The third-order valence-electron chi connectivity index (χ3n) is 6.70. The summed E-state index contributed by atoms with van der Waals surface area (Å²) in [5.41, 5.74) is 1.46. The molecule has 1 aromatic heterocycles. The van der Waals surface area contributed by atoms with Crippen LogP contribution in [0.15, 0.2) is 34.1 Å². The Morgan fingerprint density at radius 1 is 1.10 bits per heavy atom. The van der Waals surface area contributed by atoms with Gasteiger partial charge in [-0.15, -0.1) is 11.3 Å². The summed E-state index contributed by atoms with van der Waals surface area (Å²) >= 11 is 4.78. The van der Waals surface area contributed by atoms with Gasteiger partial charge in [0.1, 0.15) is 0 Å². The van der Waals surface area contributed by atoms with Crippen molar-refractivity contribution >= 4 is 44.3 Å². The van der Waals surface area contributed by atoms with Crippen LogP contribution < -0.4 is 5.32 Å². The van der Waals surface area contributed by atoms with Crippen molar-refractivity contribution in [1.29, 1.82) is 0 Å². The minimum absolute atomic E-state index is 0.165. The van der Waals surface area contributed by atoms with Crippen LogP contribution in [0, 0.1) is 23.2 Å². The molecule has 2 aromatic rings. The standard InChI is InChI=1S/C22H23BrN2O3S/c23-17-3-1-16(2-4-17)18-12-29-21(24-18)25-19(26)11-28-20(27)22-8-13-5-14(9-22)7-15(6-13)10-22/h1-4,12-15H,5-11H2,(H,24,25,26). The molecule has 6 rings (SSSR count). The first-order valence-electron chi connectivity index (χ1n) is 10.2. The maximum Gasteiger partial charge on any atom is 0.312 e. The molecule has 4 saturated carbocycles. The molecule has 4 bridgehead atoms. The second-order valence-corrected chi connectivity index (χ2v) is 10.6.